The molecule has 2 heterocycles. The molecule has 0 saturated heterocycles. The van der Waals surface area contributed by atoms with Crippen molar-refractivity contribution in [3.63, 3.8) is 0 Å². The van der Waals surface area contributed by atoms with Crippen LogP contribution in [0, 0.1) is 6.92 Å². The van der Waals surface area contributed by atoms with Gasteiger partial charge in [0.2, 0.25) is 0 Å². The maximum atomic E-state index is 5.65. The zero-order chi connectivity index (χ0) is 24.4. The summed E-state index contributed by atoms with van der Waals surface area (Å²) in [6.45, 7) is 21.2. The number of anilines is 1. The minimum atomic E-state index is 0.600. The topological polar surface area (TPSA) is 61.7 Å². The summed E-state index contributed by atoms with van der Waals surface area (Å²) >= 11 is 0. The van der Waals surface area contributed by atoms with Crippen LogP contribution in [0.5, 0.6) is 0 Å². The number of aromatic nitrogens is 4. The van der Waals surface area contributed by atoms with Gasteiger partial charge in [0, 0.05) is 24.4 Å². The van der Waals surface area contributed by atoms with Crippen molar-refractivity contribution in [2.75, 3.05) is 5.73 Å². The molecule has 0 saturated carbocycles. The normalized spacial score (nSPS) is 8.74. The van der Waals surface area contributed by atoms with Crippen LogP contribution < -0.4 is 5.73 Å². The van der Waals surface area contributed by atoms with Gasteiger partial charge in [0.05, 0.1) is 17.2 Å². The van der Waals surface area contributed by atoms with E-state index >= 15 is 0 Å². The van der Waals surface area contributed by atoms with E-state index in [1.807, 2.05) is 97.6 Å². The average Bonchev–Trinajstić information content (AvgIpc) is 3.41. The molecule has 4 rings (SSSR count). The number of nitrogens with two attached hydrogens (primary N) is 1. The van der Waals surface area contributed by atoms with Gasteiger partial charge < -0.3 is 5.73 Å². The number of rotatable bonds is 1. The summed E-state index contributed by atoms with van der Waals surface area (Å²) in [4.78, 5) is 0. The summed E-state index contributed by atoms with van der Waals surface area (Å²) in [5, 5.41) is 10.7. The van der Waals surface area contributed by atoms with E-state index in [1.54, 1.807) is 4.68 Å². The molecule has 0 amide bonds. The average molecular weight is 428 g/mol. The molecule has 31 heavy (non-hydrogen) atoms. The highest BCUT2D eigenvalue weighted by Crippen LogP contribution is 2.18. The number of nitrogens with zero attached hydrogens (tertiary/aromatic N) is 4. The van der Waals surface area contributed by atoms with Crippen molar-refractivity contribution in [2.24, 2.45) is 7.05 Å². The van der Waals surface area contributed by atoms with E-state index in [0.29, 0.717) is 5.82 Å². The molecule has 0 aliphatic carbocycles. The minimum absolute atomic E-state index is 0.600. The van der Waals surface area contributed by atoms with Gasteiger partial charge in [-0.05, 0) is 37.6 Å². The number of benzene rings is 2. The number of hydrogen-bond acceptors (Lipinski definition) is 3. The van der Waals surface area contributed by atoms with Gasteiger partial charge in [-0.1, -0.05) is 79.7 Å². The zero-order valence-corrected chi connectivity index (χ0v) is 21.7. The van der Waals surface area contributed by atoms with Gasteiger partial charge in [0.15, 0.2) is 5.82 Å². The van der Waals surface area contributed by atoms with Gasteiger partial charge >= 0.3 is 0 Å². The maximum Gasteiger partial charge on any atom is 0.153 e. The van der Waals surface area contributed by atoms with Crippen LogP contribution in [-0.4, -0.2) is 19.6 Å². The van der Waals surface area contributed by atoms with E-state index in [4.69, 9.17) is 5.73 Å². The summed E-state index contributed by atoms with van der Waals surface area (Å²) in [5.41, 5.74) is 9.25. The fourth-order valence-corrected chi connectivity index (χ4v) is 2.74. The van der Waals surface area contributed by atoms with Crippen molar-refractivity contribution in [1.82, 2.24) is 19.6 Å². The van der Waals surface area contributed by atoms with Gasteiger partial charge in [0.1, 0.15) is 0 Å². The Balaban J connectivity index is 0. The number of fused-ring (bicyclic) bond motifs is 2. The van der Waals surface area contributed by atoms with E-state index in [1.165, 1.54) is 16.5 Å². The maximum absolute atomic E-state index is 5.65. The number of hydrogen-bond donors (Lipinski definition) is 1. The molecule has 5 heteroatoms. The van der Waals surface area contributed by atoms with Crippen molar-refractivity contribution in [2.45, 2.75) is 75.8 Å². The first-order valence-electron chi connectivity index (χ1n) is 11.7. The Kier molecular flexibility index (Phi) is 17.6. The Morgan fingerprint density at radius 3 is 1.87 bits per heavy atom. The zero-order valence-electron chi connectivity index (χ0n) is 21.7. The lowest BCUT2D eigenvalue weighted by atomic mass is 10.1. The fourth-order valence-electron chi connectivity index (χ4n) is 2.74. The van der Waals surface area contributed by atoms with Crippen LogP contribution in [0.2, 0.25) is 0 Å². The lowest BCUT2D eigenvalue weighted by Gasteiger charge is -1.98. The largest absolute Gasteiger partial charge is 0.382 e. The SMILES string of the molecule is CC.CC.CC.CC.CCn1ncc2c(C)cccc21.Cn1nc(N)c2ccccc21. The Morgan fingerprint density at radius 2 is 1.32 bits per heavy atom. The molecule has 0 atom stereocenters. The molecule has 0 aliphatic rings. The fraction of sp³-hybridized carbons (Fsp3) is 0.462. The third kappa shape index (κ3) is 8.44. The molecule has 2 aromatic heterocycles. The first kappa shape index (κ1) is 30.4. The molecule has 0 unspecified atom stereocenters. The Morgan fingerprint density at radius 1 is 0.774 bits per heavy atom. The van der Waals surface area contributed by atoms with Gasteiger partial charge in [-0.25, -0.2) is 0 Å². The summed E-state index contributed by atoms with van der Waals surface area (Å²) in [6.07, 6.45) is 1.94. The molecule has 0 bridgehead atoms. The predicted molar refractivity (Wildman–Crippen MR) is 141 cm³/mol. The van der Waals surface area contributed by atoms with E-state index < -0.39 is 0 Å². The highest BCUT2D eigenvalue weighted by Gasteiger charge is 2.02. The molecule has 174 valence electrons. The van der Waals surface area contributed by atoms with Crippen LogP contribution in [0.4, 0.5) is 5.82 Å². The van der Waals surface area contributed by atoms with Crippen LogP contribution in [0.3, 0.4) is 0 Å². The van der Waals surface area contributed by atoms with Gasteiger partial charge in [-0.15, -0.1) is 0 Å². The molecule has 4 aromatic rings. The Labute approximate surface area is 190 Å². The van der Waals surface area contributed by atoms with Gasteiger partial charge in [-0.3, -0.25) is 9.36 Å². The predicted octanol–water partition coefficient (Wildman–Crippen LogP) is 7.62. The standard InChI is InChI=1S/C10H12N2.C8H9N3.4C2H6/c1-3-12-10-6-4-5-8(2)9(10)7-11-12;1-11-7-5-3-2-4-6(7)8(9)10-11;4*1-2/h4-7H,3H2,1-2H3;2-5H,1H3,(H2,9,10);4*1-2H3. The molecule has 2 aromatic carbocycles. The summed E-state index contributed by atoms with van der Waals surface area (Å²) < 4.78 is 3.80. The molecular weight excluding hydrogens is 382 g/mol. The van der Waals surface area contributed by atoms with Crippen LogP contribution >= 0.6 is 0 Å². The van der Waals surface area contributed by atoms with E-state index in [-0.39, 0.29) is 0 Å². The van der Waals surface area contributed by atoms with Gasteiger partial charge in [0.25, 0.3) is 0 Å². The third-order valence-electron chi connectivity index (χ3n) is 3.99. The summed E-state index contributed by atoms with van der Waals surface area (Å²) in [7, 11) is 1.89. The minimum Gasteiger partial charge on any atom is -0.382 e. The summed E-state index contributed by atoms with van der Waals surface area (Å²) in [6, 6.07) is 14.2. The van der Waals surface area contributed by atoms with Crippen molar-refractivity contribution in [3.05, 3.63) is 54.2 Å². The lowest BCUT2D eigenvalue weighted by Crippen LogP contribution is -1.94. The molecule has 2 N–H and O–H groups in total. The Bertz CT molecular complexity index is 915. The van der Waals surface area contributed by atoms with Crippen LogP contribution in [0.15, 0.2) is 48.7 Å². The van der Waals surface area contributed by atoms with E-state index in [9.17, 15) is 0 Å². The van der Waals surface area contributed by atoms with E-state index in [2.05, 4.69) is 42.2 Å². The number of aryl methyl sites for hydroxylation is 3. The van der Waals surface area contributed by atoms with Crippen LogP contribution in [-0.2, 0) is 13.6 Å². The molecular formula is C26H45N5. The van der Waals surface area contributed by atoms with Crippen LogP contribution in [0.1, 0.15) is 67.9 Å². The Hall–Kier alpha value is -2.82. The van der Waals surface area contributed by atoms with Crippen molar-refractivity contribution >= 4 is 27.6 Å². The highest BCUT2D eigenvalue weighted by molar-refractivity contribution is 5.88. The molecule has 0 fully saturated rings. The second kappa shape index (κ2) is 18.0. The second-order valence-electron chi connectivity index (χ2n) is 5.49. The molecule has 5 nitrogen and oxygen atoms in total. The van der Waals surface area contributed by atoms with Crippen molar-refractivity contribution < 1.29 is 0 Å². The molecule has 0 aliphatic heterocycles. The monoisotopic (exact) mass is 427 g/mol. The number of nitrogen functional groups attached to an aromatic ring is 1. The van der Waals surface area contributed by atoms with E-state index in [0.717, 1.165) is 17.4 Å². The van der Waals surface area contributed by atoms with Crippen molar-refractivity contribution in [1.29, 1.82) is 0 Å². The highest BCUT2D eigenvalue weighted by atomic mass is 15.3. The third-order valence-corrected chi connectivity index (χ3v) is 3.99. The first-order valence-corrected chi connectivity index (χ1v) is 11.7. The number of para-hydroxylation sites is 1. The quantitative estimate of drug-likeness (QED) is 0.340. The van der Waals surface area contributed by atoms with Crippen molar-refractivity contribution in [3.8, 4) is 0 Å². The molecule has 0 spiro atoms. The first-order chi connectivity index (χ1) is 15.1. The lowest BCUT2D eigenvalue weighted by molar-refractivity contribution is 0.684. The second-order valence-corrected chi connectivity index (χ2v) is 5.49. The smallest absolute Gasteiger partial charge is 0.153 e. The molecule has 0 radical (unpaired) electrons. The van der Waals surface area contributed by atoms with Gasteiger partial charge in [-0.2, -0.15) is 10.2 Å². The summed E-state index contributed by atoms with van der Waals surface area (Å²) in [5.74, 6) is 0.600. The van der Waals surface area contributed by atoms with Crippen LogP contribution in [0.25, 0.3) is 21.8 Å².